The predicted molar refractivity (Wildman–Crippen MR) is 132 cm³/mol. The second-order valence-corrected chi connectivity index (χ2v) is 9.15. The number of fused-ring (bicyclic) bond motifs is 1. The third-order valence-corrected chi connectivity index (χ3v) is 6.89. The number of carboxylic acid groups (broad SMARTS) is 1. The number of H-pyrrole nitrogens is 1. The summed E-state index contributed by atoms with van der Waals surface area (Å²) in [6, 6.07) is 8.03. The summed E-state index contributed by atoms with van der Waals surface area (Å²) in [6.45, 7) is 6.29. The summed E-state index contributed by atoms with van der Waals surface area (Å²) in [5.41, 5.74) is 4.52. The molecular weight excluding hydrogens is 430 g/mol. The maximum absolute atomic E-state index is 11.3. The number of aromatic carboxylic acids is 1. The number of carbonyl (C=O) groups is 1. The van der Waals surface area contributed by atoms with Gasteiger partial charge in [-0.2, -0.15) is 0 Å². The van der Waals surface area contributed by atoms with Crippen molar-refractivity contribution in [2.24, 2.45) is 0 Å². The molecule has 0 spiro atoms. The first-order chi connectivity index (χ1) is 16.5. The minimum atomic E-state index is -1.01. The quantitative estimate of drug-likeness (QED) is 0.416. The van der Waals surface area contributed by atoms with Crippen molar-refractivity contribution in [3.05, 3.63) is 59.0 Å². The van der Waals surface area contributed by atoms with Crippen LogP contribution in [0.15, 0.2) is 36.7 Å². The number of carboxylic acids is 1. The third-order valence-electron chi connectivity index (χ3n) is 6.89. The van der Waals surface area contributed by atoms with E-state index in [1.54, 1.807) is 19.4 Å². The molecule has 1 saturated carbocycles. The Balaban J connectivity index is 1.69. The lowest BCUT2D eigenvalue weighted by atomic mass is 10.0. The lowest BCUT2D eigenvalue weighted by Gasteiger charge is -2.33. The zero-order valence-electron chi connectivity index (χ0n) is 20.3. The first kappa shape index (κ1) is 24.2. The SMILES string of the molecule is CCOC1CCCCC(N(Cc2ccc(C(=O)O)nc2)Cc2c(OC)cc(C)c3[nH]ccc23)C1. The van der Waals surface area contributed by atoms with E-state index < -0.39 is 5.97 Å². The first-order valence-corrected chi connectivity index (χ1v) is 12.2. The number of pyridine rings is 1. The third kappa shape index (κ3) is 5.42. The van der Waals surface area contributed by atoms with E-state index in [-0.39, 0.29) is 11.8 Å². The first-order valence-electron chi connectivity index (χ1n) is 12.2. The molecule has 2 heterocycles. The number of aryl methyl sites for hydroxylation is 1. The average Bonchev–Trinajstić information content (AvgIpc) is 3.21. The van der Waals surface area contributed by atoms with Gasteiger partial charge in [0.25, 0.3) is 0 Å². The van der Waals surface area contributed by atoms with Crippen LogP contribution in [0.25, 0.3) is 10.9 Å². The van der Waals surface area contributed by atoms with Gasteiger partial charge in [-0.1, -0.05) is 18.9 Å². The predicted octanol–water partition coefficient (Wildman–Crippen LogP) is 5.32. The van der Waals surface area contributed by atoms with Crippen LogP contribution < -0.4 is 4.74 Å². The summed E-state index contributed by atoms with van der Waals surface area (Å²) in [6.07, 6.45) is 9.48. The Hall–Kier alpha value is -2.90. The molecule has 2 atom stereocenters. The van der Waals surface area contributed by atoms with Gasteiger partial charge in [0.2, 0.25) is 0 Å². The number of benzene rings is 1. The Morgan fingerprint density at radius 2 is 2.06 bits per heavy atom. The van der Waals surface area contributed by atoms with E-state index in [2.05, 4.69) is 40.8 Å². The lowest BCUT2D eigenvalue weighted by Crippen LogP contribution is -2.37. The summed E-state index contributed by atoms with van der Waals surface area (Å²) >= 11 is 0. The highest BCUT2D eigenvalue weighted by Gasteiger charge is 2.27. The monoisotopic (exact) mass is 465 g/mol. The van der Waals surface area contributed by atoms with Crippen molar-refractivity contribution < 1.29 is 19.4 Å². The molecule has 182 valence electrons. The molecule has 0 radical (unpaired) electrons. The van der Waals surface area contributed by atoms with Crippen LogP contribution >= 0.6 is 0 Å². The van der Waals surface area contributed by atoms with Gasteiger partial charge in [-0.05, 0) is 62.4 Å². The Kier molecular flexibility index (Phi) is 7.85. The molecule has 2 aromatic heterocycles. The van der Waals surface area contributed by atoms with Crippen LogP contribution in [0.1, 0.15) is 66.2 Å². The molecule has 1 aliphatic carbocycles. The topological polar surface area (TPSA) is 87.7 Å². The summed E-state index contributed by atoms with van der Waals surface area (Å²) in [5, 5.41) is 10.4. The van der Waals surface area contributed by atoms with Gasteiger partial charge in [0, 0.05) is 54.6 Å². The van der Waals surface area contributed by atoms with Crippen molar-refractivity contribution in [2.45, 2.75) is 71.2 Å². The van der Waals surface area contributed by atoms with Crippen LogP contribution in [-0.4, -0.2) is 51.8 Å². The van der Waals surface area contributed by atoms with E-state index in [9.17, 15) is 9.90 Å². The van der Waals surface area contributed by atoms with Crippen molar-refractivity contribution in [2.75, 3.05) is 13.7 Å². The number of ether oxygens (including phenoxy) is 2. The number of methoxy groups -OCH3 is 1. The highest BCUT2D eigenvalue weighted by molar-refractivity contribution is 5.88. The number of nitrogens with one attached hydrogen (secondary N) is 1. The van der Waals surface area contributed by atoms with E-state index >= 15 is 0 Å². The van der Waals surface area contributed by atoms with Crippen LogP contribution in [-0.2, 0) is 17.8 Å². The molecule has 34 heavy (non-hydrogen) atoms. The number of hydrogen-bond acceptors (Lipinski definition) is 5. The molecule has 1 aliphatic rings. The summed E-state index contributed by atoms with van der Waals surface area (Å²) in [5.74, 6) is -0.116. The number of hydrogen-bond donors (Lipinski definition) is 2. The highest BCUT2D eigenvalue weighted by Crippen LogP contribution is 2.34. The van der Waals surface area contributed by atoms with Gasteiger partial charge in [0.1, 0.15) is 11.4 Å². The van der Waals surface area contributed by atoms with Crippen molar-refractivity contribution in [3.63, 3.8) is 0 Å². The van der Waals surface area contributed by atoms with E-state index in [0.29, 0.717) is 12.6 Å². The maximum Gasteiger partial charge on any atom is 0.354 e. The molecule has 2 N–H and O–H groups in total. The number of aromatic nitrogens is 2. The van der Waals surface area contributed by atoms with E-state index in [1.807, 2.05) is 12.3 Å². The second-order valence-electron chi connectivity index (χ2n) is 9.15. The van der Waals surface area contributed by atoms with Gasteiger partial charge < -0.3 is 19.6 Å². The highest BCUT2D eigenvalue weighted by atomic mass is 16.5. The fraction of sp³-hybridized carbons (Fsp3) is 0.481. The molecule has 3 aromatic rings. The van der Waals surface area contributed by atoms with Crippen molar-refractivity contribution in [3.8, 4) is 5.75 Å². The second kappa shape index (κ2) is 11.0. The van der Waals surface area contributed by atoms with Crippen LogP contribution in [0.3, 0.4) is 0 Å². The molecule has 2 unspecified atom stereocenters. The van der Waals surface area contributed by atoms with Crippen LogP contribution in [0.5, 0.6) is 5.75 Å². The zero-order chi connectivity index (χ0) is 24.1. The van der Waals surface area contributed by atoms with Gasteiger partial charge in [-0.15, -0.1) is 0 Å². The Morgan fingerprint density at radius 3 is 2.76 bits per heavy atom. The standard InChI is InChI=1S/C27H35N3O4/c1-4-34-21-8-6-5-7-20(14-21)30(16-19-9-10-24(27(31)32)29-15-19)17-23-22-11-12-28-26(22)18(2)13-25(23)33-3/h9-13,15,20-21,28H,4-8,14,16-17H2,1-3H3,(H,31,32). The fourth-order valence-electron chi connectivity index (χ4n) is 5.19. The molecule has 0 saturated heterocycles. The smallest absolute Gasteiger partial charge is 0.354 e. The van der Waals surface area contributed by atoms with Crippen LogP contribution in [0.2, 0.25) is 0 Å². The van der Waals surface area contributed by atoms with Crippen molar-refractivity contribution in [1.29, 1.82) is 0 Å². The molecule has 1 fully saturated rings. The average molecular weight is 466 g/mol. The van der Waals surface area contributed by atoms with Crippen LogP contribution in [0, 0.1) is 6.92 Å². The molecule has 7 nitrogen and oxygen atoms in total. The molecule has 7 heteroatoms. The Bertz CT molecular complexity index is 1110. The number of rotatable bonds is 9. The molecule has 0 aliphatic heterocycles. The summed E-state index contributed by atoms with van der Waals surface area (Å²) in [7, 11) is 1.73. The lowest BCUT2D eigenvalue weighted by molar-refractivity contribution is 0.0291. The molecule has 1 aromatic carbocycles. The summed E-state index contributed by atoms with van der Waals surface area (Å²) in [4.78, 5) is 21.3. The molecule has 0 amide bonds. The Labute approximate surface area is 201 Å². The van der Waals surface area contributed by atoms with E-state index in [1.165, 1.54) is 18.2 Å². The van der Waals surface area contributed by atoms with Gasteiger partial charge in [0.05, 0.1) is 13.2 Å². The number of nitrogens with zero attached hydrogens (tertiary/aromatic N) is 2. The van der Waals surface area contributed by atoms with E-state index in [4.69, 9.17) is 9.47 Å². The van der Waals surface area contributed by atoms with Crippen molar-refractivity contribution >= 4 is 16.9 Å². The van der Waals surface area contributed by atoms with Gasteiger partial charge in [0.15, 0.2) is 0 Å². The van der Waals surface area contributed by atoms with Gasteiger partial charge in [-0.3, -0.25) is 4.90 Å². The van der Waals surface area contributed by atoms with Gasteiger partial charge >= 0.3 is 5.97 Å². The molecule has 4 rings (SSSR count). The van der Waals surface area contributed by atoms with Gasteiger partial charge in [-0.25, -0.2) is 9.78 Å². The molecular formula is C27H35N3O4. The number of aromatic amines is 1. The summed E-state index contributed by atoms with van der Waals surface area (Å²) < 4.78 is 11.9. The largest absolute Gasteiger partial charge is 0.496 e. The maximum atomic E-state index is 11.3. The Morgan fingerprint density at radius 1 is 1.24 bits per heavy atom. The molecule has 0 bridgehead atoms. The fourth-order valence-corrected chi connectivity index (χ4v) is 5.19. The van der Waals surface area contributed by atoms with Crippen molar-refractivity contribution in [1.82, 2.24) is 14.9 Å². The van der Waals surface area contributed by atoms with E-state index in [0.717, 1.165) is 60.4 Å². The zero-order valence-corrected chi connectivity index (χ0v) is 20.3. The normalized spacial score (nSPS) is 18.8. The minimum Gasteiger partial charge on any atom is -0.496 e. The van der Waals surface area contributed by atoms with Crippen LogP contribution in [0.4, 0.5) is 0 Å². The minimum absolute atomic E-state index is 0.0652.